The van der Waals surface area contributed by atoms with Crippen LogP contribution in [-0.2, 0) is 6.54 Å². The van der Waals surface area contributed by atoms with E-state index in [1.165, 1.54) is 12.4 Å². The maximum Gasteiger partial charge on any atom is 0.341 e. The van der Waals surface area contributed by atoms with Crippen molar-refractivity contribution in [3.05, 3.63) is 51.9 Å². The number of nitrogens with one attached hydrogen (secondary N) is 1. The van der Waals surface area contributed by atoms with Crippen molar-refractivity contribution < 1.29 is 19.4 Å². The van der Waals surface area contributed by atoms with Gasteiger partial charge in [0.25, 0.3) is 0 Å². The topological polar surface area (TPSA) is 116 Å². The summed E-state index contributed by atoms with van der Waals surface area (Å²) in [7, 11) is 3.18. The summed E-state index contributed by atoms with van der Waals surface area (Å²) in [6.45, 7) is 0.417. The molecule has 32 heavy (non-hydrogen) atoms. The van der Waals surface area contributed by atoms with Crippen LogP contribution in [0.1, 0.15) is 54.1 Å². The molecular weight excluding hydrogens is 412 g/mol. The molecule has 1 aliphatic rings. The summed E-state index contributed by atoms with van der Waals surface area (Å²) in [5.41, 5.74) is 0.544. The highest BCUT2D eigenvalue weighted by atomic mass is 16.5. The van der Waals surface area contributed by atoms with Gasteiger partial charge < -0.3 is 24.5 Å². The van der Waals surface area contributed by atoms with Gasteiger partial charge in [0.1, 0.15) is 22.7 Å². The molecule has 1 aromatic carbocycles. The number of carboxylic acids is 1. The van der Waals surface area contributed by atoms with E-state index in [0.29, 0.717) is 29.6 Å². The maximum absolute atomic E-state index is 12.7. The molecule has 9 nitrogen and oxygen atoms in total. The number of aromatic nitrogens is 3. The van der Waals surface area contributed by atoms with Crippen molar-refractivity contribution >= 4 is 23.0 Å². The van der Waals surface area contributed by atoms with Crippen molar-refractivity contribution in [3.8, 4) is 11.5 Å². The van der Waals surface area contributed by atoms with Crippen LogP contribution < -0.4 is 20.2 Å². The molecule has 0 unspecified atom stereocenters. The first-order valence-electron chi connectivity index (χ1n) is 10.6. The Hall–Kier alpha value is -3.62. The van der Waals surface area contributed by atoms with E-state index in [4.69, 9.17) is 9.47 Å². The number of aromatic carboxylic acids is 1. The number of benzene rings is 1. The lowest BCUT2D eigenvalue weighted by Gasteiger charge is -2.26. The number of hydrogen-bond acceptors (Lipinski definition) is 7. The lowest BCUT2D eigenvalue weighted by atomic mass is 9.95. The molecule has 1 saturated carbocycles. The number of rotatable bonds is 7. The molecule has 0 bridgehead atoms. The lowest BCUT2D eigenvalue weighted by Crippen LogP contribution is -2.23. The van der Waals surface area contributed by atoms with Gasteiger partial charge in [-0.2, -0.15) is 4.98 Å². The Labute approximate surface area is 185 Å². The van der Waals surface area contributed by atoms with Gasteiger partial charge in [-0.3, -0.25) is 4.79 Å². The standard InChI is InChI=1S/C23H26N4O5/c1-31-16-8-14(9-17(10-16)32-2)11-24-23-25-12-18-20(28)19(22(29)30)13-27(21(18)26-23)15-6-4-3-5-7-15/h8-10,12-13,15H,3-7,11H2,1-2H3,(H,29,30)(H,24,25,26). The first-order chi connectivity index (χ1) is 15.5. The minimum absolute atomic E-state index is 0.107. The zero-order valence-electron chi connectivity index (χ0n) is 18.1. The third-order valence-electron chi connectivity index (χ3n) is 5.83. The number of carboxylic acid groups (broad SMARTS) is 1. The van der Waals surface area contributed by atoms with E-state index in [2.05, 4.69) is 15.3 Å². The summed E-state index contributed by atoms with van der Waals surface area (Å²) in [5, 5.41) is 12.9. The molecule has 0 atom stereocenters. The fourth-order valence-corrected chi connectivity index (χ4v) is 4.16. The van der Waals surface area contributed by atoms with Gasteiger partial charge in [0.2, 0.25) is 11.4 Å². The average Bonchev–Trinajstić information content (AvgIpc) is 2.83. The van der Waals surface area contributed by atoms with E-state index in [1.54, 1.807) is 20.3 Å². The van der Waals surface area contributed by atoms with Gasteiger partial charge in [-0.15, -0.1) is 0 Å². The van der Waals surface area contributed by atoms with Gasteiger partial charge in [-0.1, -0.05) is 19.3 Å². The molecule has 1 aliphatic carbocycles. The van der Waals surface area contributed by atoms with Crippen molar-refractivity contribution in [3.63, 3.8) is 0 Å². The Balaban J connectivity index is 1.70. The Morgan fingerprint density at radius 3 is 2.47 bits per heavy atom. The average molecular weight is 438 g/mol. The fourth-order valence-electron chi connectivity index (χ4n) is 4.16. The molecule has 168 valence electrons. The monoisotopic (exact) mass is 438 g/mol. The number of methoxy groups -OCH3 is 2. The smallest absolute Gasteiger partial charge is 0.341 e. The molecule has 0 radical (unpaired) electrons. The van der Waals surface area contributed by atoms with Gasteiger partial charge in [0.15, 0.2) is 0 Å². The summed E-state index contributed by atoms with van der Waals surface area (Å²) in [4.78, 5) is 33.2. The van der Waals surface area contributed by atoms with Crippen LogP contribution in [0.5, 0.6) is 11.5 Å². The zero-order chi connectivity index (χ0) is 22.7. The first-order valence-corrected chi connectivity index (χ1v) is 10.6. The van der Waals surface area contributed by atoms with Gasteiger partial charge >= 0.3 is 5.97 Å². The largest absolute Gasteiger partial charge is 0.497 e. The Kier molecular flexibility index (Phi) is 6.25. The number of hydrogen-bond donors (Lipinski definition) is 2. The predicted molar refractivity (Wildman–Crippen MR) is 120 cm³/mol. The molecule has 1 fully saturated rings. The number of fused-ring (bicyclic) bond motifs is 1. The summed E-state index contributed by atoms with van der Waals surface area (Å²) < 4.78 is 12.5. The Morgan fingerprint density at radius 1 is 1.16 bits per heavy atom. The fraction of sp³-hybridized carbons (Fsp3) is 0.391. The van der Waals surface area contributed by atoms with E-state index in [1.807, 2.05) is 16.7 Å². The number of ether oxygens (including phenoxy) is 2. The molecule has 2 aromatic heterocycles. The van der Waals surface area contributed by atoms with E-state index in [9.17, 15) is 14.7 Å². The second-order valence-electron chi connectivity index (χ2n) is 7.88. The van der Waals surface area contributed by atoms with Crippen molar-refractivity contribution in [1.29, 1.82) is 0 Å². The molecule has 2 heterocycles. The molecule has 0 aliphatic heterocycles. The van der Waals surface area contributed by atoms with Crippen molar-refractivity contribution in [2.24, 2.45) is 0 Å². The third-order valence-corrected chi connectivity index (χ3v) is 5.83. The van der Waals surface area contributed by atoms with Gasteiger partial charge in [0.05, 0.1) is 19.6 Å². The van der Waals surface area contributed by atoms with Crippen LogP contribution in [0, 0.1) is 0 Å². The van der Waals surface area contributed by atoms with Crippen LogP contribution in [-0.4, -0.2) is 39.8 Å². The third kappa shape index (κ3) is 4.37. The first kappa shape index (κ1) is 21.6. The van der Waals surface area contributed by atoms with Crippen LogP contribution in [0.15, 0.2) is 35.4 Å². The van der Waals surface area contributed by atoms with Gasteiger partial charge in [-0.25, -0.2) is 9.78 Å². The normalized spacial score (nSPS) is 14.3. The highest BCUT2D eigenvalue weighted by molar-refractivity contribution is 5.91. The number of carbonyl (C=O) groups is 1. The molecule has 0 amide bonds. The van der Waals surface area contributed by atoms with E-state index in [-0.39, 0.29) is 17.0 Å². The predicted octanol–water partition coefficient (Wildman–Crippen LogP) is 3.62. The molecule has 0 spiro atoms. The van der Waals surface area contributed by atoms with E-state index >= 15 is 0 Å². The number of anilines is 1. The van der Waals surface area contributed by atoms with E-state index in [0.717, 1.165) is 37.7 Å². The van der Waals surface area contributed by atoms with Crippen molar-refractivity contribution in [2.75, 3.05) is 19.5 Å². The Morgan fingerprint density at radius 2 is 1.84 bits per heavy atom. The highest BCUT2D eigenvalue weighted by Gasteiger charge is 2.22. The molecule has 2 N–H and O–H groups in total. The van der Waals surface area contributed by atoms with Crippen LogP contribution in [0.4, 0.5) is 5.95 Å². The SMILES string of the molecule is COc1cc(CNc2ncc3c(=O)c(C(=O)O)cn(C4CCCCC4)c3n2)cc(OC)c1. The summed E-state index contributed by atoms with van der Waals surface area (Å²) in [5.74, 6) is 0.461. The number of nitrogens with zero attached hydrogens (tertiary/aromatic N) is 3. The van der Waals surface area contributed by atoms with Crippen molar-refractivity contribution in [2.45, 2.75) is 44.7 Å². The summed E-state index contributed by atoms with van der Waals surface area (Å²) in [6, 6.07) is 5.66. The zero-order valence-corrected chi connectivity index (χ0v) is 18.1. The quantitative estimate of drug-likeness (QED) is 0.575. The Bertz CT molecular complexity index is 1180. The van der Waals surface area contributed by atoms with Crippen LogP contribution in [0.3, 0.4) is 0 Å². The van der Waals surface area contributed by atoms with Crippen LogP contribution in [0.25, 0.3) is 11.0 Å². The summed E-state index contributed by atoms with van der Waals surface area (Å²) >= 11 is 0. The van der Waals surface area contributed by atoms with Gasteiger partial charge in [-0.05, 0) is 30.5 Å². The van der Waals surface area contributed by atoms with Gasteiger partial charge in [0, 0.05) is 31.0 Å². The van der Waals surface area contributed by atoms with Crippen LogP contribution >= 0.6 is 0 Å². The molecular formula is C23H26N4O5. The molecule has 0 saturated heterocycles. The number of pyridine rings is 1. The maximum atomic E-state index is 12.7. The highest BCUT2D eigenvalue weighted by Crippen LogP contribution is 2.30. The lowest BCUT2D eigenvalue weighted by molar-refractivity contribution is 0.0694. The molecule has 4 rings (SSSR count). The van der Waals surface area contributed by atoms with Crippen LogP contribution in [0.2, 0.25) is 0 Å². The van der Waals surface area contributed by atoms with E-state index < -0.39 is 11.4 Å². The minimum atomic E-state index is -1.24. The second-order valence-corrected chi connectivity index (χ2v) is 7.88. The minimum Gasteiger partial charge on any atom is -0.497 e. The van der Waals surface area contributed by atoms with Crippen molar-refractivity contribution in [1.82, 2.24) is 14.5 Å². The second kappa shape index (κ2) is 9.25. The molecule has 9 heteroatoms. The molecule has 3 aromatic rings. The summed E-state index contributed by atoms with van der Waals surface area (Å²) in [6.07, 6.45) is 7.98.